The molecule has 148 valence electrons. The lowest BCUT2D eigenvalue weighted by Gasteiger charge is -2.47. The molecule has 2 fully saturated rings. The minimum absolute atomic E-state index is 0.201. The van der Waals surface area contributed by atoms with Crippen LogP contribution in [-0.2, 0) is 4.74 Å². The lowest BCUT2D eigenvalue weighted by molar-refractivity contribution is 0.00665. The fourth-order valence-corrected chi connectivity index (χ4v) is 4.04. The topological polar surface area (TPSA) is 70.1 Å². The number of amides is 1. The first-order valence-electron chi connectivity index (χ1n) is 9.74. The quantitative estimate of drug-likeness (QED) is 0.847. The SMILES string of the molecule is CC(C)(C)OC(=O)N1CCC2(CC1)CCN(c1ccc(C(=O)O)cc1)CC2. The minimum Gasteiger partial charge on any atom is -0.478 e. The van der Waals surface area contributed by atoms with Crippen LogP contribution in [0.3, 0.4) is 0 Å². The van der Waals surface area contributed by atoms with E-state index in [4.69, 9.17) is 9.84 Å². The van der Waals surface area contributed by atoms with Crippen LogP contribution in [0.25, 0.3) is 0 Å². The number of ether oxygens (including phenoxy) is 1. The van der Waals surface area contributed by atoms with E-state index in [0.29, 0.717) is 11.0 Å². The summed E-state index contributed by atoms with van der Waals surface area (Å²) >= 11 is 0. The molecule has 1 amide bonds. The highest BCUT2D eigenvalue weighted by molar-refractivity contribution is 5.88. The average molecular weight is 374 g/mol. The molecule has 0 radical (unpaired) electrons. The molecule has 2 aliphatic heterocycles. The molecule has 0 aromatic heterocycles. The molecule has 6 nitrogen and oxygen atoms in total. The van der Waals surface area contributed by atoms with Gasteiger partial charge in [0.15, 0.2) is 0 Å². The zero-order valence-electron chi connectivity index (χ0n) is 16.5. The van der Waals surface area contributed by atoms with E-state index in [9.17, 15) is 9.59 Å². The second kappa shape index (κ2) is 7.41. The number of carbonyl (C=O) groups is 2. The molecular weight excluding hydrogens is 344 g/mol. The maximum Gasteiger partial charge on any atom is 0.410 e. The van der Waals surface area contributed by atoms with Crippen molar-refractivity contribution in [1.29, 1.82) is 0 Å². The predicted molar refractivity (Wildman–Crippen MR) is 104 cm³/mol. The molecule has 27 heavy (non-hydrogen) atoms. The zero-order valence-corrected chi connectivity index (χ0v) is 16.5. The maximum atomic E-state index is 12.3. The van der Waals surface area contributed by atoms with E-state index in [1.165, 1.54) is 0 Å². The Morgan fingerprint density at radius 1 is 0.963 bits per heavy atom. The van der Waals surface area contributed by atoms with Crippen molar-refractivity contribution in [3.05, 3.63) is 29.8 Å². The third-order valence-electron chi connectivity index (χ3n) is 5.78. The smallest absolute Gasteiger partial charge is 0.410 e. The summed E-state index contributed by atoms with van der Waals surface area (Å²) in [5.74, 6) is -0.893. The largest absolute Gasteiger partial charge is 0.478 e. The number of likely N-dealkylation sites (tertiary alicyclic amines) is 1. The van der Waals surface area contributed by atoms with E-state index < -0.39 is 11.6 Å². The predicted octanol–water partition coefficient (Wildman–Crippen LogP) is 4.00. The van der Waals surface area contributed by atoms with Crippen molar-refractivity contribution in [2.75, 3.05) is 31.1 Å². The maximum absolute atomic E-state index is 12.3. The highest BCUT2D eigenvalue weighted by Gasteiger charge is 2.39. The Balaban J connectivity index is 1.52. The van der Waals surface area contributed by atoms with Crippen molar-refractivity contribution < 1.29 is 19.4 Å². The fraction of sp³-hybridized carbons (Fsp3) is 0.619. The molecule has 1 spiro atoms. The molecular formula is C21H30N2O4. The number of rotatable bonds is 2. The fourth-order valence-electron chi connectivity index (χ4n) is 4.04. The Labute approximate surface area is 161 Å². The number of aromatic carboxylic acids is 1. The van der Waals surface area contributed by atoms with Gasteiger partial charge in [-0.1, -0.05) is 0 Å². The van der Waals surface area contributed by atoms with Crippen LogP contribution in [0.5, 0.6) is 0 Å². The number of nitrogens with zero attached hydrogens (tertiary/aromatic N) is 2. The Kier molecular flexibility index (Phi) is 5.36. The van der Waals surface area contributed by atoms with Crippen molar-refractivity contribution >= 4 is 17.7 Å². The first-order chi connectivity index (χ1) is 12.7. The van der Waals surface area contributed by atoms with Crippen molar-refractivity contribution in [3.8, 4) is 0 Å². The van der Waals surface area contributed by atoms with Crippen LogP contribution in [-0.4, -0.2) is 53.8 Å². The molecule has 0 unspecified atom stereocenters. The lowest BCUT2D eigenvalue weighted by atomic mass is 9.71. The van der Waals surface area contributed by atoms with Gasteiger partial charge in [-0.15, -0.1) is 0 Å². The van der Waals surface area contributed by atoms with E-state index in [2.05, 4.69) is 4.90 Å². The Morgan fingerprint density at radius 2 is 1.48 bits per heavy atom. The molecule has 1 aromatic rings. The number of benzene rings is 1. The van der Waals surface area contributed by atoms with Crippen molar-refractivity contribution in [2.24, 2.45) is 5.41 Å². The molecule has 3 rings (SSSR count). The lowest BCUT2D eigenvalue weighted by Crippen LogP contribution is -2.49. The third-order valence-corrected chi connectivity index (χ3v) is 5.78. The van der Waals surface area contributed by atoms with Gasteiger partial charge in [0, 0.05) is 31.9 Å². The van der Waals surface area contributed by atoms with E-state index in [0.717, 1.165) is 57.5 Å². The molecule has 1 N–H and O–H groups in total. The van der Waals surface area contributed by atoms with E-state index in [-0.39, 0.29) is 6.09 Å². The standard InChI is InChI=1S/C21H30N2O4/c1-20(2,3)27-19(26)23-14-10-21(11-15-23)8-12-22(13-9-21)17-6-4-16(5-7-17)18(24)25/h4-7H,8-15H2,1-3H3,(H,24,25). The van der Waals surface area contributed by atoms with Crippen LogP contribution in [0.1, 0.15) is 56.8 Å². The summed E-state index contributed by atoms with van der Waals surface area (Å²) in [6.45, 7) is 9.17. The summed E-state index contributed by atoms with van der Waals surface area (Å²) in [6.07, 6.45) is 4.06. The van der Waals surface area contributed by atoms with Crippen LogP contribution in [0, 0.1) is 5.41 Å². The molecule has 0 aliphatic carbocycles. The van der Waals surface area contributed by atoms with Crippen molar-refractivity contribution in [1.82, 2.24) is 4.90 Å². The summed E-state index contributed by atoms with van der Waals surface area (Å²) in [7, 11) is 0. The Bertz CT molecular complexity index is 675. The molecule has 6 heteroatoms. The van der Waals surface area contributed by atoms with Gasteiger partial charge in [-0.05, 0) is 76.1 Å². The second-order valence-electron chi connectivity index (χ2n) is 8.81. The van der Waals surface area contributed by atoms with Gasteiger partial charge in [-0.25, -0.2) is 9.59 Å². The van der Waals surface area contributed by atoms with Gasteiger partial charge in [0.1, 0.15) is 5.60 Å². The van der Waals surface area contributed by atoms with Gasteiger partial charge in [0.2, 0.25) is 0 Å². The summed E-state index contributed by atoms with van der Waals surface area (Å²) < 4.78 is 5.49. The molecule has 1 aromatic carbocycles. The molecule has 0 saturated carbocycles. The first-order valence-corrected chi connectivity index (χ1v) is 9.74. The van der Waals surface area contributed by atoms with Crippen LogP contribution < -0.4 is 4.90 Å². The Morgan fingerprint density at radius 3 is 1.96 bits per heavy atom. The summed E-state index contributed by atoms with van der Waals surface area (Å²) in [5, 5.41) is 9.02. The molecule has 0 atom stereocenters. The molecule has 2 aliphatic rings. The molecule has 2 heterocycles. The van der Waals surface area contributed by atoms with Gasteiger partial charge < -0.3 is 19.6 Å². The van der Waals surface area contributed by atoms with Gasteiger partial charge in [-0.2, -0.15) is 0 Å². The number of hydrogen-bond donors (Lipinski definition) is 1. The van der Waals surface area contributed by atoms with E-state index in [1.807, 2.05) is 37.8 Å². The van der Waals surface area contributed by atoms with Gasteiger partial charge in [0.05, 0.1) is 5.56 Å². The highest BCUT2D eigenvalue weighted by atomic mass is 16.6. The average Bonchev–Trinajstić information content (AvgIpc) is 2.62. The number of hydrogen-bond acceptors (Lipinski definition) is 4. The van der Waals surface area contributed by atoms with Gasteiger partial charge >= 0.3 is 12.1 Å². The number of carboxylic acid groups (broad SMARTS) is 1. The van der Waals surface area contributed by atoms with Crippen molar-refractivity contribution in [2.45, 2.75) is 52.1 Å². The van der Waals surface area contributed by atoms with Gasteiger partial charge in [-0.3, -0.25) is 0 Å². The normalized spacial score (nSPS) is 19.8. The van der Waals surface area contributed by atoms with Crippen LogP contribution in [0.2, 0.25) is 0 Å². The monoisotopic (exact) mass is 374 g/mol. The van der Waals surface area contributed by atoms with Gasteiger partial charge in [0.25, 0.3) is 0 Å². The molecule has 0 bridgehead atoms. The number of carbonyl (C=O) groups excluding carboxylic acids is 1. The third kappa shape index (κ3) is 4.73. The summed E-state index contributed by atoms with van der Waals surface area (Å²) in [5.41, 5.74) is 1.27. The number of anilines is 1. The van der Waals surface area contributed by atoms with Crippen LogP contribution in [0.4, 0.5) is 10.5 Å². The number of piperidine rings is 2. The summed E-state index contributed by atoms with van der Waals surface area (Å²) in [4.78, 5) is 27.4. The first kappa shape index (κ1) is 19.5. The highest BCUT2D eigenvalue weighted by Crippen LogP contribution is 2.42. The summed E-state index contributed by atoms with van der Waals surface area (Å²) in [6, 6.07) is 7.13. The Hall–Kier alpha value is -2.24. The van der Waals surface area contributed by atoms with E-state index >= 15 is 0 Å². The minimum atomic E-state index is -0.893. The van der Waals surface area contributed by atoms with Crippen LogP contribution in [0.15, 0.2) is 24.3 Å². The van der Waals surface area contributed by atoms with Crippen LogP contribution >= 0.6 is 0 Å². The van der Waals surface area contributed by atoms with Crippen molar-refractivity contribution in [3.63, 3.8) is 0 Å². The zero-order chi connectivity index (χ0) is 19.7. The van der Waals surface area contributed by atoms with E-state index in [1.54, 1.807) is 12.1 Å². The number of carboxylic acids is 1. The second-order valence-corrected chi connectivity index (χ2v) is 8.81. The molecule has 2 saturated heterocycles.